The second-order valence-corrected chi connectivity index (χ2v) is 4.10. The van der Waals surface area contributed by atoms with Crippen LogP contribution < -0.4 is 0 Å². The molecule has 0 bridgehead atoms. The molecule has 1 aromatic carbocycles. The summed E-state index contributed by atoms with van der Waals surface area (Å²) in [6.07, 6.45) is 3.83. The molecule has 1 aliphatic heterocycles. The number of amides is 1. The van der Waals surface area contributed by atoms with Crippen LogP contribution in [0, 0.1) is 0 Å². The molecule has 3 heteroatoms. The van der Waals surface area contributed by atoms with E-state index in [2.05, 4.69) is 6.92 Å². The van der Waals surface area contributed by atoms with Crippen molar-refractivity contribution in [1.29, 1.82) is 0 Å². The Morgan fingerprint density at radius 2 is 2.06 bits per heavy atom. The fourth-order valence-electron chi connectivity index (χ4n) is 1.78. The molecule has 0 aromatic heterocycles. The van der Waals surface area contributed by atoms with Gasteiger partial charge in [-0.25, -0.2) is 4.79 Å². The third-order valence-corrected chi connectivity index (χ3v) is 2.79. The number of hydrogen-bond acceptors (Lipinski definition) is 2. The lowest BCUT2D eigenvalue weighted by molar-refractivity contribution is 0.141. The van der Waals surface area contributed by atoms with Gasteiger partial charge in [-0.3, -0.25) is 0 Å². The normalized spacial score (nSPS) is 15.5. The predicted octanol–water partition coefficient (Wildman–Crippen LogP) is 3.28. The van der Waals surface area contributed by atoms with E-state index in [1.165, 1.54) is 0 Å². The first-order chi connectivity index (χ1) is 8.31. The molecule has 0 unspecified atom stereocenters. The van der Waals surface area contributed by atoms with Gasteiger partial charge in [0.1, 0.15) is 5.76 Å². The van der Waals surface area contributed by atoms with Crippen molar-refractivity contribution in [3.8, 4) is 0 Å². The number of carbonyl (C=O) groups is 1. The molecule has 1 aliphatic rings. The van der Waals surface area contributed by atoms with Crippen LogP contribution in [0.15, 0.2) is 36.4 Å². The summed E-state index contributed by atoms with van der Waals surface area (Å²) in [5.74, 6) is 0.670. The van der Waals surface area contributed by atoms with E-state index in [0.717, 1.165) is 24.9 Å². The Kier molecular flexibility index (Phi) is 3.81. The maximum atomic E-state index is 11.7. The van der Waals surface area contributed by atoms with Gasteiger partial charge < -0.3 is 9.64 Å². The fourth-order valence-corrected chi connectivity index (χ4v) is 1.78. The summed E-state index contributed by atoms with van der Waals surface area (Å²) in [6, 6.07) is 9.71. The van der Waals surface area contributed by atoms with Crippen molar-refractivity contribution < 1.29 is 9.53 Å². The van der Waals surface area contributed by atoms with Gasteiger partial charge in [-0.15, -0.1) is 0 Å². The topological polar surface area (TPSA) is 29.5 Å². The van der Waals surface area contributed by atoms with Crippen molar-refractivity contribution >= 4 is 11.9 Å². The number of nitrogens with zero attached hydrogens (tertiary/aromatic N) is 1. The standard InChI is InChI=1S/C14H17NO2/c1-2-3-10-15-11-9-13(17-14(15)16)12-7-5-4-6-8-12/h4-9H,2-3,10-11H2,1H3. The Labute approximate surface area is 102 Å². The molecule has 0 radical (unpaired) electrons. The van der Waals surface area contributed by atoms with Crippen LogP contribution >= 0.6 is 0 Å². The van der Waals surface area contributed by atoms with Gasteiger partial charge in [0.25, 0.3) is 0 Å². The molecule has 1 aromatic rings. The number of hydrogen-bond donors (Lipinski definition) is 0. The highest BCUT2D eigenvalue weighted by molar-refractivity contribution is 5.79. The lowest BCUT2D eigenvalue weighted by Crippen LogP contribution is -2.35. The highest BCUT2D eigenvalue weighted by Crippen LogP contribution is 2.20. The van der Waals surface area contributed by atoms with Gasteiger partial charge in [0.15, 0.2) is 0 Å². The summed E-state index contributed by atoms with van der Waals surface area (Å²) in [4.78, 5) is 13.5. The molecule has 3 nitrogen and oxygen atoms in total. The average molecular weight is 231 g/mol. The molecule has 0 spiro atoms. The van der Waals surface area contributed by atoms with Crippen LogP contribution in [0.25, 0.3) is 5.76 Å². The van der Waals surface area contributed by atoms with Gasteiger partial charge in [-0.05, 0) is 12.5 Å². The van der Waals surface area contributed by atoms with E-state index in [4.69, 9.17) is 4.74 Å². The molecule has 90 valence electrons. The van der Waals surface area contributed by atoms with Gasteiger partial charge >= 0.3 is 6.09 Å². The van der Waals surface area contributed by atoms with Gasteiger partial charge in [-0.2, -0.15) is 0 Å². The van der Waals surface area contributed by atoms with E-state index in [1.807, 2.05) is 36.4 Å². The minimum absolute atomic E-state index is 0.236. The van der Waals surface area contributed by atoms with Crippen molar-refractivity contribution in [1.82, 2.24) is 4.90 Å². The van der Waals surface area contributed by atoms with Crippen molar-refractivity contribution in [2.75, 3.05) is 13.1 Å². The fraction of sp³-hybridized carbons (Fsp3) is 0.357. The Bertz CT molecular complexity index is 411. The second kappa shape index (κ2) is 5.53. The van der Waals surface area contributed by atoms with Crippen LogP contribution in [-0.2, 0) is 4.74 Å². The van der Waals surface area contributed by atoms with E-state index in [1.54, 1.807) is 4.90 Å². The van der Waals surface area contributed by atoms with Gasteiger partial charge in [-0.1, -0.05) is 43.7 Å². The third kappa shape index (κ3) is 2.87. The first kappa shape index (κ1) is 11.7. The Balaban J connectivity index is 2.05. The maximum absolute atomic E-state index is 11.7. The Hall–Kier alpha value is -1.77. The summed E-state index contributed by atoms with van der Waals surface area (Å²) in [5.41, 5.74) is 0.955. The van der Waals surface area contributed by atoms with Crippen LogP contribution in [0.2, 0.25) is 0 Å². The van der Waals surface area contributed by atoms with Gasteiger partial charge in [0.05, 0.1) is 0 Å². The Morgan fingerprint density at radius 3 is 2.71 bits per heavy atom. The van der Waals surface area contributed by atoms with Crippen molar-refractivity contribution in [2.24, 2.45) is 0 Å². The first-order valence-corrected chi connectivity index (χ1v) is 6.03. The number of benzene rings is 1. The molecule has 2 rings (SSSR count). The van der Waals surface area contributed by atoms with E-state index in [9.17, 15) is 4.79 Å². The third-order valence-electron chi connectivity index (χ3n) is 2.79. The summed E-state index contributed by atoms with van der Waals surface area (Å²) >= 11 is 0. The Morgan fingerprint density at radius 1 is 1.29 bits per heavy atom. The lowest BCUT2D eigenvalue weighted by atomic mass is 10.1. The predicted molar refractivity (Wildman–Crippen MR) is 67.4 cm³/mol. The zero-order chi connectivity index (χ0) is 12.1. The van der Waals surface area contributed by atoms with Crippen molar-refractivity contribution in [3.63, 3.8) is 0 Å². The number of cyclic esters (lactones) is 1. The number of ether oxygens (including phenoxy) is 1. The van der Waals surface area contributed by atoms with Crippen LogP contribution in [0.3, 0.4) is 0 Å². The van der Waals surface area contributed by atoms with E-state index >= 15 is 0 Å². The largest absolute Gasteiger partial charge is 0.415 e. The van der Waals surface area contributed by atoms with E-state index in [-0.39, 0.29) is 6.09 Å². The number of carbonyl (C=O) groups excluding carboxylic acids is 1. The molecule has 0 saturated carbocycles. The zero-order valence-electron chi connectivity index (χ0n) is 10.1. The van der Waals surface area contributed by atoms with Gasteiger partial charge in [0, 0.05) is 18.7 Å². The summed E-state index contributed by atoms with van der Waals surface area (Å²) in [7, 11) is 0. The molecule has 1 heterocycles. The molecule has 0 N–H and O–H groups in total. The van der Waals surface area contributed by atoms with E-state index in [0.29, 0.717) is 12.3 Å². The highest BCUT2D eigenvalue weighted by Gasteiger charge is 2.21. The van der Waals surface area contributed by atoms with Crippen LogP contribution in [-0.4, -0.2) is 24.1 Å². The van der Waals surface area contributed by atoms with Gasteiger partial charge in [0.2, 0.25) is 0 Å². The zero-order valence-corrected chi connectivity index (χ0v) is 10.1. The summed E-state index contributed by atoms with van der Waals surface area (Å²) in [6.45, 7) is 3.53. The highest BCUT2D eigenvalue weighted by atomic mass is 16.6. The SMILES string of the molecule is CCCCN1CC=C(c2ccccc2)OC1=O. The van der Waals surface area contributed by atoms with Crippen molar-refractivity contribution in [3.05, 3.63) is 42.0 Å². The molecule has 1 amide bonds. The summed E-state index contributed by atoms with van der Waals surface area (Å²) < 4.78 is 5.33. The average Bonchev–Trinajstić information content (AvgIpc) is 2.38. The van der Waals surface area contributed by atoms with Crippen LogP contribution in [0.4, 0.5) is 4.79 Å². The molecule has 0 saturated heterocycles. The minimum atomic E-state index is -0.236. The maximum Gasteiger partial charge on any atom is 0.415 e. The summed E-state index contributed by atoms with van der Waals surface area (Å²) in [5, 5.41) is 0. The molecule has 17 heavy (non-hydrogen) atoms. The first-order valence-electron chi connectivity index (χ1n) is 6.03. The quantitative estimate of drug-likeness (QED) is 0.795. The van der Waals surface area contributed by atoms with E-state index < -0.39 is 0 Å². The molecule has 0 fully saturated rings. The number of unbranched alkanes of at least 4 members (excludes halogenated alkanes) is 1. The molecular formula is C14H17NO2. The van der Waals surface area contributed by atoms with Crippen molar-refractivity contribution in [2.45, 2.75) is 19.8 Å². The number of rotatable bonds is 4. The van der Waals surface area contributed by atoms with Crippen LogP contribution in [0.1, 0.15) is 25.3 Å². The monoisotopic (exact) mass is 231 g/mol. The molecule has 0 aliphatic carbocycles. The molecule has 0 atom stereocenters. The smallest absolute Gasteiger partial charge is 0.410 e. The molecular weight excluding hydrogens is 214 g/mol. The second-order valence-electron chi connectivity index (χ2n) is 4.10. The van der Waals surface area contributed by atoms with Crippen LogP contribution in [0.5, 0.6) is 0 Å². The minimum Gasteiger partial charge on any atom is -0.410 e. The lowest BCUT2D eigenvalue weighted by Gasteiger charge is -2.25.